The Bertz CT molecular complexity index is 1420. The first-order chi connectivity index (χ1) is 15.8. The number of rotatable bonds is 3. The second-order valence-electron chi connectivity index (χ2n) is 7.57. The van der Waals surface area contributed by atoms with E-state index in [1.54, 1.807) is 18.2 Å². The molecular weight excluding hydrogens is 461 g/mol. The lowest BCUT2D eigenvalue weighted by Gasteiger charge is -2.20. The van der Waals surface area contributed by atoms with Gasteiger partial charge in [0.1, 0.15) is 10.9 Å². The number of nitrogens with zero attached hydrogens (tertiary/aromatic N) is 4. The zero-order valence-corrected chi connectivity index (χ0v) is 19.2. The number of hydrogen-bond acceptors (Lipinski definition) is 4. The summed E-state index contributed by atoms with van der Waals surface area (Å²) in [5.74, 6) is -0.898. The van der Waals surface area contributed by atoms with Crippen molar-refractivity contribution in [2.75, 3.05) is 0 Å². The van der Waals surface area contributed by atoms with Crippen LogP contribution in [0.4, 0.5) is 4.39 Å². The van der Waals surface area contributed by atoms with Crippen LogP contribution in [0.25, 0.3) is 11.8 Å². The molecule has 1 amide bonds. The molecular formula is C24H17ClFN5OS. The van der Waals surface area contributed by atoms with Crippen molar-refractivity contribution in [2.24, 2.45) is 10.1 Å². The number of aliphatic imine (C=N–C) groups is 1. The maximum atomic E-state index is 13.3. The number of nitrogens with one attached hydrogen (secondary N) is 1. The molecule has 2 aliphatic heterocycles. The first-order valence-corrected chi connectivity index (χ1v) is 11.2. The summed E-state index contributed by atoms with van der Waals surface area (Å²) >= 11 is 7.34. The van der Waals surface area contributed by atoms with Crippen molar-refractivity contribution >= 4 is 51.4 Å². The second-order valence-corrected chi connectivity index (χ2v) is 8.97. The third-order valence-corrected chi connectivity index (χ3v) is 6.57. The van der Waals surface area contributed by atoms with E-state index in [-0.39, 0.29) is 17.2 Å². The van der Waals surface area contributed by atoms with Gasteiger partial charge in [-0.3, -0.25) is 10.2 Å². The summed E-state index contributed by atoms with van der Waals surface area (Å²) in [7, 11) is 0. The molecule has 5 rings (SSSR count). The van der Waals surface area contributed by atoms with Crippen molar-refractivity contribution in [3.05, 3.63) is 93.5 Å². The molecule has 2 aliphatic rings. The summed E-state index contributed by atoms with van der Waals surface area (Å²) in [5, 5.41) is 15.9. The Kier molecular flexibility index (Phi) is 5.26. The number of fused-ring (bicyclic) bond motifs is 1. The SMILES string of the molecule is Cc1cc(/C=C2\C(=N)N3N=C(c4ccc(F)cc4)SC3=NC2=O)c(C)n1-c1cccc(Cl)c1. The van der Waals surface area contributed by atoms with Gasteiger partial charge >= 0.3 is 0 Å². The predicted molar refractivity (Wildman–Crippen MR) is 131 cm³/mol. The van der Waals surface area contributed by atoms with Crippen LogP contribution in [-0.4, -0.2) is 31.5 Å². The van der Waals surface area contributed by atoms with Gasteiger partial charge in [-0.15, -0.1) is 0 Å². The van der Waals surface area contributed by atoms with Crippen LogP contribution in [0.2, 0.25) is 5.02 Å². The summed E-state index contributed by atoms with van der Waals surface area (Å²) in [4.78, 5) is 16.9. The molecule has 0 saturated heterocycles. The van der Waals surface area contributed by atoms with Crippen LogP contribution >= 0.6 is 23.4 Å². The van der Waals surface area contributed by atoms with Crippen molar-refractivity contribution in [1.82, 2.24) is 9.58 Å². The number of halogens is 2. The number of thioether (sulfide) groups is 1. The van der Waals surface area contributed by atoms with Gasteiger partial charge in [0, 0.05) is 27.7 Å². The highest BCUT2D eigenvalue weighted by molar-refractivity contribution is 8.27. The minimum atomic E-state index is -0.498. The summed E-state index contributed by atoms with van der Waals surface area (Å²) in [6.45, 7) is 3.92. The number of carbonyl (C=O) groups is 1. The van der Waals surface area contributed by atoms with Crippen molar-refractivity contribution in [3.8, 4) is 5.69 Å². The van der Waals surface area contributed by atoms with Gasteiger partial charge in [0.2, 0.25) is 5.17 Å². The highest BCUT2D eigenvalue weighted by Gasteiger charge is 2.36. The predicted octanol–water partition coefficient (Wildman–Crippen LogP) is 5.55. The molecule has 3 aromatic rings. The van der Waals surface area contributed by atoms with Crippen LogP contribution in [0, 0.1) is 25.1 Å². The van der Waals surface area contributed by atoms with Crippen LogP contribution in [-0.2, 0) is 4.79 Å². The number of aryl methyl sites for hydroxylation is 1. The number of hydrogen-bond donors (Lipinski definition) is 1. The molecule has 1 aromatic heterocycles. The Labute approximate surface area is 198 Å². The molecule has 9 heteroatoms. The number of benzene rings is 2. The van der Waals surface area contributed by atoms with E-state index in [9.17, 15) is 9.18 Å². The van der Waals surface area contributed by atoms with E-state index in [1.807, 2.05) is 48.7 Å². The first kappa shape index (κ1) is 21.4. The summed E-state index contributed by atoms with van der Waals surface area (Å²) in [6.07, 6.45) is 1.67. The lowest BCUT2D eigenvalue weighted by molar-refractivity contribution is -0.114. The maximum absolute atomic E-state index is 13.3. The van der Waals surface area contributed by atoms with Gasteiger partial charge in [-0.05, 0) is 85.8 Å². The molecule has 0 fully saturated rings. The average Bonchev–Trinajstić information content (AvgIpc) is 3.32. The molecule has 0 saturated carbocycles. The number of amidine groups is 2. The minimum Gasteiger partial charge on any atom is -0.318 e. The number of carbonyl (C=O) groups excluding carboxylic acids is 1. The smallest absolute Gasteiger partial charge is 0.283 e. The Morgan fingerprint density at radius 1 is 1.12 bits per heavy atom. The van der Waals surface area contributed by atoms with E-state index in [1.165, 1.54) is 28.9 Å². The van der Waals surface area contributed by atoms with E-state index in [2.05, 4.69) is 10.1 Å². The Balaban J connectivity index is 1.51. The minimum absolute atomic E-state index is 0.0535. The topological polar surface area (TPSA) is 73.8 Å². The van der Waals surface area contributed by atoms with Gasteiger partial charge in [-0.2, -0.15) is 15.1 Å². The lowest BCUT2D eigenvalue weighted by Crippen LogP contribution is -2.35. The molecule has 0 aliphatic carbocycles. The highest BCUT2D eigenvalue weighted by Crippen LogP contribution is 2.32. The Morgan fingerprint density at radius 3 is 2.61 bits per heavy atom. The fourth-order valence-corrected chi connectivity index (χ4v) is 4.88. The quantitative estimate of drug-likeness (QED) is 0.502. The van der Waals surface area contributed by atoms with Gasteiger partial charge < -0.3 is 4.57 Å². The van der Waals surface area contributed by atoms with E-state index >= 15 is 0 Å². The molecule has 0 unspecified atom stereocenters. The molecule has 6 nitrogen and oxygen atoms in total. The van der Waals surface area contributed by atoms with E-state index in [0.717, 1.165) is 22.6 Å². The molecule has 33 heavy (non-hydrogen) atoms. The maximum Gasteiger partial charge on any atom is 0.283 e. The van der Waals surface area contributed by atoms with Crippen LogP contribution in [0.1, 0.15) is 22.5 Å². The molecule has 0 atom stereocenters. The van der Waals surface area contributed by atoms with E-state index in [0.29, 0.717) is 20.8 Å². The zero-order valence-electron chi connectivity index (χ0n) is 17.6. The molecule has 0 radical (unpaired) electrons. The van der Waals surface area contributed by atoms with Gasteiger partial charge in [-0.25, -0.2) is 4.39 Å². The standard InChI is InChI=1S/C24H17ClFN5OS/c1-13-10-16(14(2)30(13)19-5-3-4-17(25)12-19)11-20-21(27)31-24(28-22(20)32)33-23(29-31)15-6-8-18(26)9-7-15/h3-12,27H,1-2H3/b20-11+,27-21?. The van der Waals surface area contributed by atoms with E-state index < -0.39 is 5.91 Å². The van der Waals surface area contributed by atoms with Crippen molar-refractivity contribution in [2.45, 2.75) is 13.8 Å². The number of amides is 1. The van der Waals surface area contributed by atoms with Gasteiger partial charge in [0.05, 0.1) is 5.57 Å². The summed E-state index contributed by atoms with van der Waals surface area (Å²) < 4.78 is 15.3. The van der Waals surface area contributed by atoms with Crippen LogP contribution < -0.4 is 0 Å². The van der Waals surface area contributed by atoms with Crippen LogP contribution in [0.15, 0.2) is 70.3 Å². The van der Waals surface area contributed by atoms with Crippen molar-refractivity contribution in [3.63, 3.8) is 0 Å². The van der Waals surface area contributed by atoms with Gasteiger partial charge in [-0.1, -0.05) is 17.7 Å². The number of hydrazone groups is 1. The van der Waals surface area contributed by atoms with E-state index in [4.69, 9.17) is 17.0 Å². The van der Waals surface area contributed by atoms with Gasteiger partial charge in [0.25, 0.3) is 5.91 Å². The van der Waals surface area contributed by atoms with Crippen molar-refractivity contribution in [1.29, 1.82) is 5.41 Å². The molecule has 164 valence electrons. The zero-order chi connectivity index (χ0) is 23.3. The van der Waals surface area contributed by atoms with Crippen molar-refractivity contribution < 1.29 is 9.18 Å². The molecule has 0 bridgehead atoms. The summed E-state index contributed by atoms with van der Waals surface area (Å²) in [6, 6.07) is 15.4. The molecule has 2 aromatic carbocycles. The Morgan fingerprint density at radius 2 is 1.88 bits per heavy atom. The first-order valence-electron chi connectivity index (χ1n) is 10.0. The molecule has 0 spiro atoms. The fraction of sp³-hybridized carbons (Fsp3) is 0.0833. The molecule has 1 N–H and O–H groups in total. The average molecular weight is 478 g/mol. The fourth-order valence-electron chi connectivity index (χ4n) is 3.80. The normalized spacial score (nSPS) is 16.8. The lowest BCUT2D eigenvalue weighted by atomic mass is 10.1. The third kappa shape index (κ3) is 3.81. The summed E-state index contributed by atoms with van der Waals surface area (Å²) in [5.41, 5.74) is 4.42. The Hall–Kier alpha value is -3.49. The van der Waals surface area contributed by atoms with Gasteiger partial charge in [0.15, 0.2) is 5.84 Å². The largest absolute Gasteiger partial charge is 0.318 e. The van der Waals surface area contributed by atoms with Crippen LogP contribution in [0.5, 0.6) is 0 Å². The number of aromatic nitrogens is 1. The monoisotopic (exact) mass is 477 g/mol. The highest BCUT2D eigenvalue weighted by atomic mass is 35.5. The third-order valence-electron chi connectivity index (χ3n) is 5.38. The second kappa shape index (κ2) is 8.13. The van der Waals surface area contributed by atoms with Crippen LogP contribution in [0.3, 0.4) is 0 Å². The molecule has 3 heterocycles.